The van der Waals surface area contributed by atoms with Crippen molar-refractivity contribution in [3.8, 4) is 22.8 Å². The Morgan fingerprint density at radius 3 is 2.41 bits per heavy atom. The molecule has 3 aromatic carbocycles. The summed E-state index contributed by atoms with van der Waals surface area (Å²) in [6, 6.07) is 24.2. The molecule has 1 amide bonds. The van der Waals surface area contributed by atoms with E-state index in [0.717, 1.165) is 28.6 Å². The number of furan rings is 1. The molecule has 0 aliphatic carbocycles. The smallest absolute Gasteiger partial charge is 0.291 e. The minimum absolute atomic E-state index is 0.227. The molecule has 1 N–H and O–H groups in total. The molecule has 1 atom stereocenters. The van der Waals surface area contributed by atoms with Gasteiger partial charge in [-0.25, -0.2) is 4.98 Å². The van der Waals surface area contributed by atoms with E-state index in [1.165, 1.54) is 5.56 Å². The first-order valence-electron chi connectivity index (χ1n) is 11.2. The fourth-order valence-electron chi connectivity index (χ4n) is 3.73. The van der Waals surface area contributed by atoms with Crippen LogP contribution in [0, 0.1) is 0 Å². The van der Waals surface area contributed by atoms with Gasteiger partial charge in [0, 0.05) is 21.8 Å². The molecule has 6 heteroatoms. The first-order chi connectivity index (χ1) is 16.5. The Bertz CT molecular complexity index is 1450. The van der Waals surface area contributed by atoms with Crippen LogP contribution in [-0.2, 0) is 0 Å². The molecule has 5 aromatic rings. The standard InChI is InChI=1S/C28H23ClN2O3/c1-3-17(2)20-8-13-25-23(16-20)31-28(34-25)19-6-11-22(12-7-19)30-27(32)26-15-14-24(33-26)18-4-9-21(29)10-5-18/h4-17H,3H2,1-2H3,(H,30,32)/t17-/m0/s1. The van der Waals surface area contributed by atoms with Crippen molar-refractivity contribution in [1.29, 1.82) is 0 Å². The highest BCUT2D eigenvalue weighted by Gasteiger charge is 2.14. The van der Waals surface area contributed by atoms with Crippen LogP contribution in [0.3, 0.4) is 0 Å². The third-order valence-electron chi connectivity index (χ3n) is 5.94. The predicted octanol–water partition coefficient (Wildman–Crippen LogP) is 8.17. The van der Waals surface area contributed by atoms with E-state index in [9.17, 15) is 4.79 Å². The van der Waals surface area contributed by atoms with Gasteiger partial charge in [0.25, 0.3) is 5.91 Å². The van der Waals surface area contributed by atoms with Crippen LogP contribution >= 0.6 is 11.6 Å². The highest BCUT2D eigenvalue weighted by atomic mass is 35.5. The van der Waals surface area contributed by atoms with Crippen LogP contribution in [0.4, 0.5) is 5.69 Å². The van der Waals surface area contributed by atoms with Gasteiger partial charge >= 0.3 is 0 Å². The maximum atomic E-state index is 12.6. The van der Waals surface area contributed by atoms with E-state index in [1.807, 2.05) is 42.5 Å². The third-order valence-corrected chi connectivity index (χ3v) is 6.19. The minimum Gasteiger partial charge on any atom is -0.451 e. The summed E-state index contributed by atoms with van der Waals surface area (Å²) in [7, 11) is 0. The molecule has 34 heavy (non-hydrogen) atoms. The van der Waals surface area contributed by atoms with Crippen LogP contribution in [0.1, 0.15) is 42.3 Å². The van der Waals surface area contributed by atoms with E-state index < -0.39 is 0 Å². The largest absolute Gasteiger partial charge is 0.451 e. The lowest BCUT2D eigenvalue weighted by Gasteiger charge is -2.07. The number of benzene rings is 3. The van der Waals surface area contributed by atoms with Gasteiger partial charge in [-0.1, -0.05) is 31.5 Å². The number of hydrogen-bond acceptors (Lipinski definition) is 4. The van der Waals surface area contributed by atoms with E-state index >= 15 is 0 Å². The SMILES string of the molecule is CC[C@H](C)c1ccc2oc(-c3ccc(NC(=O)c4ccc(-c5ccc(Cl)cc5)o4)cc3)nc2c1. The summed E-state index contributed by atoms with van der Waals surface area (Å²) in [5.74, 6) is 1.53. The van der Waals surface area contributed by atoms with Crippen LogP contribution in [0.2, 0.25) is 5.02 Å². The van der Waals surface area contributed by atoms with Crippen LogP contribution in [0.15, 0.2) is 87.7 Å². The van der Waals surface area contributed by atoms with Crippen molar-refractivity contribution in [2.24, 2.45) is 0 Å². The molecule has 5 rings (SSSR count). The number of halogens is 1. The van der Waals surface area contributed by atoms with Crippen LogP contribution in [-0.4, -0.2) is 10.9 Å². The highest BCUT2D eigenvalue weighted by Crippen LogP contribution is 2.29. The van der Waals surface area contributed by atoms with Gasteiger partial charge in [0.05, 0.1) is 0 Å². The Balaban J connectivity index is 1.30. The topological polar surface area (TPSA) is 68.3 Å². The number of carbonyl (C=O) groups is 1. The summed E-state index contributed by atoms with van der Waals surface area (Å²) in [6.07, 6.45) is 1.07. The van der Waals surface area contributed by atoms with Gasteiger partial charge in [-0.3, -0.25) is 4.79 Å². The van der Waals surface area contributed by atoms with Gasteiger partial charge < -0.3 is 14.2 Å². The van der Waals surface area contributed by atoms with Crippen molar-refractivity contribution < 1.29 is 13.6 Å². The summed E-state index contributed by atoms with van der Waals surface area (Å²) < 4.78 is 11.7. The van der Waals surface area contributed by atoms with E-state index in [1.54, 1.807) is 24.3 Å². The fourth-order valence-corrected chi connectivity index (χ4v) is 3.85. The zero-order valence-electron chi connectivity index (χ0n) is 18.8. The molecule has 170 valence electrons. The molecule has 0 unspecified atom stereocenters. The summed E-state index contributed by atoms with van der Waals surface area (Å²) in [5, 5.41) is 3.50. The molecule has 2 heterocycles. The van der Waals surface area contributed by atoms with Gasteiger partial charge in [-0.15, -0.1) is 0 Å². The number of anilines is 1. The van der Waals surface area contributed by atoms with Crippen LogP contribution in [0.25, 0.3) is 33.9 Å². The Kier molecular flexibility index (Phi) is 5.95. The number of nitrogens with one attached hydrogen (secondary N) is 1. The number of amides is 1. The number of carbonyl (C=O) groups excluding carboxylic acids is 1. The van der Waals surface area contributed by atoms with Crippen LogP contribution < -0.4 is 5.32 Å². The van der Waals surface area contributed by atoms with Crippen molar-refractivity contribution >= 4 is 34.3 Å². The molecule has 0 aliphatic heterocycles. The molecular weight excluding hydrogens is 448 g/mol. The lowest BCUT2D eigenvalue weighted by molar-refractivity contribution is 0.0997. The number of oxazole rings is 1. The van der Waals surface area contributed by atoms with Gasteiger partial charge in [0.1, 0.15) is 11.3 Å². The molecule has 0 bridgehead atoms. The summed E-state index contributed by atoms with van der Waals surface area (Å²) in [5.41, 5.74) is 5.19. The van der Waals surface area contributed by atoms with Crippen LogP contribution in [0.5, 0.6) is 0 Å². The molecule has 0 fully saturated rings. The number of hydrogen-bond donors (Lipinski definition) is 1. The lowest BCUT2D eigenvalue weighted by Crippen LogP contribution is -2.10. The van der Waals surface area contributed by atoms with Gasteiger partial charge in [-0.2, -0.15) is 0 Å². The Morgan fingerprint density at radius 2 is 1.68 bits per heavy atom. The molecule has 0 aliphatic rings. The molecule has 0 saturated heterocycles. The predicted molar refractivity (Wildman–Crippen MR) is 135 cm³/mol. The highest BCUT2D eigenvalue weighted by molar-refractivity contribution is 6.30. The number of rotatable bonds is 6. The zero-order chi connectivity index (χ0) is 23.7. The minimum atomic E-state index is -0.326. The van der Waals surface area contributed by atoms with E-state index in [-0.39, 0.29) is 11.7 Å². The van der Waals surface area contributed by atoms with Crippen molar-refractivity contribution in [1.82, 2.24) is 4.98 Å². The quantitative estimate of drug-likeness (QED) is 0.271. The summed E-state index contributed by atoms with van der Waals surface area (Å²) >= 11 is 5.93. The molecule has 0 saturated carbocycles. The maximum absolute atomic E-state index is 12.6. The molecule has 2 aromatic heterocycles. The maximum Gasteiger partial charge on any atom is 0.291 e. The molecular formula is C28H23ClN2O3. The second-order valence-electron chi connectivity index (χ2n) is 8.26. The Labute approximate surface area is 202 Å². The molecule has 0 radical (unpaired) electrons. The molecule has 5 nitrogen and oxygen atoms in total. The van der Waals surface area contributed by atoms with Crippen molar-refractivity contribution in [3.05, 3.63) is 95.2 Å². The Morgan fingerprint density at radius 1 is 0.941 bits per heavy atom. The Hall–Kier alpha value is -3.83. The number of nitrogens with zero attached hydrogens (tertiary/aromatic N) is 1. The van der Waals surface area contributed by atoms with Gasteiger partial charge in [0.15, 0.2) is 11.3 Å². The van der Waals surface area contributed by atoms with E-state index in [4.69, 9.17) is 20.4 Å². The van der Waals surface area contributed by atoms with Crippen molar-refractivity contribution in [2.45, 2.75) is 26.2 Å². The van der Waals surface area contributed by atoms with Gasteiger partial charge in [-0.05, 0) is 90.7 Å². The lowest BCUT2D eigenvalue weighted by atomic mass is 9.98. The van der Waals surface area contributed by atoms with E-state index in [2.05, 4.69) is 36.3 Å². The number of aromatic nitrogens is 1. The fraction of sp³-hybridized carbons (Fsp3) is 0.143. The summed E-state index contributed by atoms with van der Waals surface area (Å²) in [6.45, 7) is 4.38. The normalized spacial score (nSPS) is 12.1. The zero-order valence-corrected chi connectivity index (χ0v) is 19.6. The third kappa shape index (κ3) is 4.47. The average Bonchev–Trinajstić information content (AvgIpc) is 3.52. The first kappa shape index (κ1) is 22.0. The van der Waals surface area contributed by atoms with Crippen molar-refractivity contribution in [3.63, 3.8) is 0 Å². The average molecular weight is 471 g/mol. The second kappa shape index (κ2) is 9.20. The summed E-state index contributed by atoms with van der Waals surface area (Å²) in [4.78, 5) is 17.3. The van der Waals surface area contributed by atoms with Crippen molar-refractivity contribution in [2.75, 3.05) is 5.32 Å². The van der Waals surface area contributed by atoms with E-state index in [0.29, 0.717) is 28.3 Å². The molecule has 0 spiro atoms. The number of fused-ring (bicyclic) bond motifs is 1. The monoisotopic (exact) mass is 470 g/mol. The van der Waals surface area contributed by atoms with Gasteiger partial charge in [0.2, 0.25) is 5.89 Å². The second-order valence-corrected chi connectivity index (χ2v) is 8.69. The first-order valence-corrected chi connectivity index (χ1v) is 11.6.